The first kappa shape index (κ1) is 31.1. The first-order valence-electron chi connectivity index (χ1n) is 14.3. The molecule has 8 heteroatoms. The lowest BCUT2D eigenvalue weighted by atomic mass is 9.75. The Kier molecular flexibility index (Phi) is 9.54. The highest BCUT2D eigenvalue weighted by molar-refractivity contribution is 9.10. The van der Waals surface area contributed by atoms with Gasteiger partial charge in [-0.1, -0.05) is 85.2 Å². The van der Waals surface area contributed by atoms with Gasteiger partial charge in [-0.15, -0.1) is 0 Å². The van der Waals surface area contributed by atoms with Crippen LogP contribution in [0.3, 0.4) is 0 Å². The molecule has 0 atom stereocenters. The lowest BCUT2D eigenvalue weighted by molar-refractivity contribution is 0.0238. The molecule has 1 heterocycles. The van der Waals surface area contributed by atoms with Gasteiger partial charge >= 0.3 is 11.9 Å². The van der Waals surface area contributed by atoms with Gasteiger partial charge in [-0.25, -0.2) is 9.59 Å². The number of ether oxygens (including phenoxy) is 1. The number of carboxylic acid groups (broad SMARTS) is 1. The van der Waals surface area contributed by atoms with E-state index in [1.54, 1.807) is 0 Å². The molecule has 0 amide bonds. The number of phenolic OH excluding ortho intramolecular Hbond substituents is 2. The van der Waals surface area contributed by atoms with Crippen LogP contribution < -0.4 is 0 Å². The summed E-state index contributed by atoms with van der Waals surface area (Å²) in [4.78, 5) is 25.7. The third-order valence-corrected chi connectivity index (χ3v) is 9.70. The van der Waals surface area contributed by atoms with Crippen molar-refractivity contribution in [3.05, 3.63) is 89.3 Å². The zero-order valence-electron chi connectivity index (χ0n) is 23.9. The normalized spacial score (nSPS) is 13.8. The molecule has 41 heavy (non-hydrogen) atoms. The van der Waals surface area contributed by atoms with Gasteiger partial charge in [-0.05, 0) is 67.1 Å². The zero-order valence-corrected chi connectivity index (χ0v) is 27.0. The van der Waals surface area contributed by atoms with E-state index in [1.165, 1.54) is 18.2 Å². The van der Waals surface area contributed by atoms with E-state index < -0.39 is 17.5 Å². The number of hydrogen-bond donors (Lipinski definition) is 3. The van der Waals surface area contributed by atoms with Gasteiger partial charge in [-0.3, -0.25) is 0 Å². The quantitative estimate of drug-likeness (QED) is 0.175. The largest absolute Gasteiger partial charge is 0.507 e. The van der Waals surface area contributed by atoms with E-state index in [1.807, 2.05) is 26.0 Å². The van der Waals surface area contributed by atoms with Crippen molar-refractivity contribution < 1.29 is 29.6 Å². The first-order valence-corrected chi connectivity index (χ1v) is 15.8. The number of cyclic esters (lactones) is 1. The number of aromatic hydroxyl groups is 2. The lowest BCUT2D eigenvalue weighted by Gasteiger charge is -2.34. The van der Waals surface area contributed by atoms with Crippen LogP contribution in [0.4, 0.5) is 0 Å². The summed E-state index contributed by atoms with van der Waals surface area (Å²) in [6.45, 7) is 8.17. The minimum absolute atomic E-state index is 0.0234. The number of carboxylic acids is 1. The number of carbonyl (C=O) groups is 2. The lowest BCUT2D eigenvalue weighted by Crippen LogP contribution is -2.31. The van der Waals surface area contributed by atoms with E-state index in [2.05, 4.69) is 45.7 Å². The molecule has 0 unspecified atom stereocenters. The van der Waals surface area contributed by atoms with Crippen molar-refractivity contribution in [1.82, 2.24) is 0 Å². The van der Waals surface area contributed by atoms with Gasteiger partial charge < -0.3 is 20.1 Å². The van der Waals surface area contributed by atoms with Crippen LogP contribution in [0, 0.1) is 0 Å². The second kappa shape index (κ2) is 12.6. The number of benzene rings is 3. The van der Waals surface area contributed by atoms with Crippen molar-refractivity contribution in [3.8, 4) is 11.5 Å². The summed E-state index contributed by atoms with van der Waals surface area (Å²) in [5, 5.41) is 33.8. The Hall–Kier alpha value is -2.84. The number of aromatic carboxylic acids is 1. The molecule has 3 aromatic rings. The van der Waals surface area contributed by atoms with Crippen LogP contribution >= 0.6 is 31.9 Å². The summed E-state index contributed by atoms with van der Waals surface area (Å²) in [6, 6.07) is 7.92. The van der Waals surface area contributed by atoms with E-state index in [9.17, 15) is 24.9 Å². The zero-order chi connectivity index (χ0) is 30.1. The highest BCUT2D eigenvalue weighted by atomic mass is 79.9. The number of fused-ring (bicyclic) bond motifs is 1. The maximum atomic E-state index is 13.6. The number of rotatable bonds is 11. The van der Waals surface area contributed by atoms with E-state index >= 15 is 0 Å². The second-order valence-electron chi connectivity index (χ2n) is 10.6. The Balaban J connectivity index is 2.25. The molecule has 0 bridgehead atoms. The van der Waals surface area contributed by atoms with Gasteiger partial charge in [0.2, 0.25) is 0 Å². The molecular formula is C33H36Br2O6. The number of halogens is 2. The number of hydrogen-bond acceptors (Lipinski definition) is 5. The molecule has 1 aliphatic rings. The highest BCUT2D eigenvalue weighted by Gasteiger charge is 2.53. The van der Waals surface area contributed by atoms with Crippen LogP contribution in [0.2, 0.25) is 0 Å². The summed E-state index contributed by atoms with van der Waals surface area (Å²) in [5.74, 6) is -1.89. The van der Waals surface area contributed by atoms with Gasteiger partial charge in [-0.2, -0.15) is 0 Å². The van der Waals surface area contributed by atoms with E-state index in [0.717, 1.165) is 45.8 Å². The van der Waals surface area contributed by atoms with E-state index in [4.69, 9.17) is 4.74 Å². The van der Waals surface area contributed by atoms with E-state index in [-0.39, 0.29) is 28.2 Å². The molecule has 6 nitrogen and oxygen atoms in total. The van der Waals surface area contributed by atoms with Gasteiger partial charge in [0.05, 0.1) is 11.1 Å². The first-order chi connectivity index (χ1) is 19.6. The maximum Gasteiger partial charge on any atom is 0.340 e. The molecule has 0 aromatic heterocycles. The van der Waals surface area contributed by atoms with Gasteiger partial charge in [0.15, 0.2) is 5.60 Å². The molecule has 4 rings (SSSR count). The van der Waals surface area contributed by atoms with Gasteiger partial charge in [0.1, 0.15) is 11.5 Å². The van der Waals surface area contributed by atoms with Crippen LogP contribution in [0.1, 0.15) is 113 Å². The minimum atomic E-state index is -1.77. The van der Waals surface area contributed by atoms with Gasteiger partial charge in [0.25, 0.3) is 0 Å². The average molecular weight is 688 g/mol. The van der Waals surface area contributed by atoms with Crippen molar-refractivity contribution in [3.63, 3.8) is 0 Å². The van der Waals surface area contributed by atoms with Crippen molar-refractivity contribution >= 4 is 43.8 Å². The topological polar surface area (TPSA) is 104 Å². The summed E-state index contributed by atoms with van der Waals surface area (Å²) >= 11 is 7.42. The summed E-state index contributed by atoms with van der Waals surface area (Å²) < 4.78 is 7.93. The number of carbonyl (C=O) groups excluding carboxylic acids is 1. The van der Waals surface area contributed by atoms with Crippen LogP contribution in [0.15, 0.2) is 39.3 Å². The molecule has 218 valence electrons. The molecule has 0 aliphatic carbocycles. The second-order valence-corrected chi connectivity index (χ2v) is 12.2. The summed E-state index contributed by atoms with van der Waals surface area (Å²) in [7, 11) is 0. The molecule has 1 aliphatic heterocycles. The standard InChI is InChI=1S/C33H36Br2O6/c1-5-9-18-15-25(29(36)22(11-7-3)27(18)34)33(24-17-20(31(38)39)13-14-21(24)32(40)41-33)26-16-19(10-6-2)28(35)23(12-8-4)30(26)37/h13-17,36-37H,5-12H2,1-4H3,(H,38,39). The van der Waals surface area contributed by atoms with Crippen molar-refractivity contribution in [2.75, 3.05) is 0 Å². The molecular weight excluding hydrogens is 652 g/mol. The minimum Gasteiger partial charge on any atom is -0.507 e. The smallest absolute Gasteiger partial charge is 0.340 e. The monoisotopic (exact) mass is 686 g/mol. The molecule has 0 saturated carbocycles. The number of aryl methyl sites for hydroxylation is 2. The Labute approximate surface area is 258 Å². The maximum absolute atomic E-state index is 13.6. The van der Waals surface area contributed by atoms with Crippen molar-refractivity contribution in [2.45, 2.75) is 84.7 Å². The fraction of sp³-hybridized carbons (Fsp3) is 0.394. The number of esters is 1. The van der Waals surface area contributed by atoms with Gasteiger partial charge in [0, 0.05) is 36.8 Å². The molecule has 0 fully saturated rings. The summed E-state index contributed by atoms with van der Waals surface area (Å²) in [5.41, 5.74) is 2.54. The van der Waals surface area contributed by atoms with Crippen LogP contribution in [-0.2, 0) is 36.0 Å². The average Bonchev–Trinajstić information content (AvgIpc) is 3.24. The Bertz CT molecular complexity index is 1440. The fourth-order valence-corrected chi connectivity index (χ4v) is 7.27. The third kappa shape index (κ3) is 5.29. The Morgan fingerprint density at radius 3 is 1.63 bits per heavy atom. The van der Waals surface area contributed by atoms with Crippen molar-refractivity contribution in [1.29, 1.82) is 0 Å². The molecule has 0 spiro atoms. The van der Waals surface area contributed by atoms with Crippen molar-refractivity contribution in [2.24, 2.45) is 0 Å². The van der Waals surface area contributed by atoms with Crippen LogP contribution in [0.5, 0.6) is 11.5 Å². The SMILES string of the molecule is CCCc1cc(C2(c3cc(CCC)c(Br)c(CCC)c3O)OC(=O)c3ccc(C(=O)O)cc32)c(O)c(CCC)c1Br. The molecule has 3 aromatic carbocycles. The van der Waals surface area contributed by atoms with Crippen LogP contribution in [-0.4, -0.2) is 27.3 Å². The predicted molar refractivity (Wildman–Crippen MR) is 166 cm³/mol. The van der Waals surface area contributed by atoms with E-state index in [0.29, 0.717) is 47.9 Å². The number of phenols is 2. The Morgan fingerprint density at radius 1 is 0.756 bits per heavy atom. The summed E-state index contributed by atoms with van der Waals surface area (Å²) in [6.07, 6.45) is 5.74. The third-order valence-electron chi connectivity index (χ3n) is 7.72. The molecule has 0 radical (unpaired) electrons. The molecule has 3 N–H and O–H groups in total. The molecule has 0 saturated heterocycles. The Morgan fingerprint density at radius 2 is 1.22 bits per heavy atom. The fourth-order valence-electron chi connectivity index (χ4n) is 5.87. The highest BCUT2D eigenvalue weighted by Crippen LogP contribution is 2.55. The van der Waals surface area contributed by atoms with Crippen LogP contribution in [0.25, 0.3) is 0 Å². The predicted octanol–water partition coefficient (Wildman–Crippen LogP) is 8.59.